The third-order valence-corrected chi connectivity index (χ3v) is 10.0. The van der Waals surface area contributed by atoms with Crippen LogP contribution in [0.2, 0.25) is 0 Å². The van der Waals surface area contributed by atoms with Gasteiger partial charge in [-0.05, 0) is 55.9 Å². The number of carboxylic acids is 1. The summed E-state index contributed by atoms with van der Waals surface area (Å²) in [6.07, 6.45) is 8.15. The van der Waals surface area contributed by atoms with Crippen molar-refractivity contribution in [2.24, 2.45) is 5.41 Å². The van der Waals surface area contributed by atoms with E-state index in [1.165, 1.54) is 0 Å². The highest BCUT2D eigenvalue weighted by molar-refractivity contribution is 8.24. The molecule has 8 heteroatoms. The van der Waals surface area contributed by atoms with Crippen molar-refractivity contribution in [1.82, 2.24) is 5.32 Å². The SMILES string of the molecule is CCCCC1(CCCC)CN(c2ccccc2)c2cc(SC)c(CNC(C)C(=O)O)cc2S(O)(O)C1. The summed E-state index contributed by atoms with van der Waals surface area (Å²) in [5.74, 6) is -0.556. The first kappa shape index (κ1) is 28.9. The van der Waals surface area contributed by atoms with E-state index in [1.807, 2.05) is 30.5 Å². The average molecular weight is 535 g/mol. The highest BCUT2D eigenvalue weighted by Gasteiger charge is 2.42. The summed E-state index contributed by atoms with van der Waals surface area (Å²) in [6, 6.07) is 13.5. The largest absolute Gasteiger partial charge is 0.480 e. The van der Waals surface area contributed by atoms with Gasteiger partial charge in [-0.2, -0.15) is 10.6 Å². The number of para-hydroxylation sites is 1. The molecule has 1 heterocycles. The molecule has 0 fully saturated rings. The fourth-order valence-electron chi connectivity index (χ4n) is 5.08. The fraction of sp³-hybridized carbons (Fsp3) is 0.536. The lowest BCUT2D eigenvalue weighted by Gasteiger charge is -2.42. The molecule has 1 aliphatic rings. The predicted molar refractivity (Wildman–Crippen MR) is 153 cm³/mol. The number of nitrogens with one attached hydrogen (secondary N) is 1. The number of rotatable bonds is 12. The first-order chi connectivity index (χ1) is 17.2. The molecule has 6 nitrogen and oxygen atoms in total. The molecule has 36 heavy (non-hydrogen) atoms. The topological polar surface area (TPSA) is 93.0 Å². The number of aliphatic carboxylic acids is 1. The Balaban J connectivity index is 2.17. The van der Waals surface area contributed by atoms with Crippen LogP contribution >= 0.6 is 22.4 Å². The van der Waals surface area contributed by atoms with Gasteiger partial charge in [0.2, 0.25) is 0 Å². The molecule has 0 aliphatic carbocycles. The van der Waals surface area contributed by atoms with Gasteiger partial charge in [-0.15, -0.1) is 11.8 Å². The molecule has 0 saturated carbocycles. The van der Waals surface area contributed by atoms with Crippen molar-refractivity contribution in [3.63, 3.8) is 0 Å². The molecule has 2 aromatic rings. The summed E-state index contributed by atoms with van der Waals surface area (Å²) in [7, 11) is -3.09. The minimum absolute atomic E-state index is 0.213. The first-order valence-electron chi connectivity index (χ1n) is 12.9. The summed E-state index contributed by atoms with van der Waals surface area (Å²) in [5.41, 5.74) is 2.56. The molecule has 4 N–H and O–H groups in total. The van der Waals surface area contributed by atoms with E-state index in [2.05, 4.69) is 42.3 Å². The van der Waals surface area contributed by atoms with Crippen LogP contribution in [0.3, 0.4) is 0 Å². The van der Waals surface area contributed by atoms with Crippen LogP contribution < -0.4 is 10.2 Å². The predicted octanol–water partition coefficient (Wildman–Crippen LogP) is 7.60. The quantitative estimate of drug-likeness (QED) is 0.208. The van der Waals surface area contributed by atoms with Crippen molar-refractivity contribution < 1.29 is 19.0 Å². The van der Waals surface area contributed by atoms with Gasteiger partial charge in [-0.1, -0.05) is 57.7 Å². The molecule has 3 rings (SSSR count). The third-order valence-electron chi connectivity index (χ3n) is 7.16. The molecular formula is C28H42N2O4S2. The molecule has 0 saturated heterocycles. The van der Waals surface area contributed by atoms with Crippen molar-refractivity contribution in [2.75, 3.05) is 23.5 Å². The summed E-state index contributed by atoms with van der Waals surface area (Å²) in [5, 5.41) is 12.4. The van der Waals surface area contributed by atoms with E-state index in [-0.39, 0.29) is 5.41 Å². The summed E-state index contributed by atoms with van der Waals surface area (Å²) in [6.45, 7) is 7.07. The number of benzene rings is 2. The van der Waals surface area contributed by atoms with Gasteiger partial charge in [0.15, 0.2) is 0 Å². The maximum atomic E-state index is 11.8. The molecule has 2 aromatic carbocycles. The second-order valence-corrected chi connectivity index (χ2v) is 12.9. The maximum absolute atomic E-state index is 11.8. The van der Waals surface area contributed by atoms with Gasteiger partial charge in [0, 0.05) is 34.8 Å². The standard InChI is InChI=1S/C28H42N2O4S2/c1-5-7-14-28(15-8-6-2)19-30(23-12-10-9-11-13-23)24-17-25(35-4)22(18-29-21(3)27(31)32)16-26(24)36(33,34)20-28/h9-13,16-17,21,29,33-34H,5-8,14-15,18-20H2,1-4H3,(H,31,32). The Bertz CT molecular complexity index is 1010. The number of carbonyl (C=O) groups is 1. The lowest BCUT2D eigenvalue weighted by molar-refractivity contribution is -0.139. The molecular weight excluding hydrogens is 492 g/mol. The Labute approximate surface area is 222 Å². The molecule has 1 aliphatic heterocycles. The van der Waals surface area contributed by atoms with Crippen molar-refractivity contribution in [1.29, 1.82) is 0 Å². The van der Waals surface area contributed by atoms with Gasteiger partial charge in [0.1, 0.15) is 6.04 Å². The zero-order valence-corrected chi connectivity index (χ0v) is 23.6. The van der Waals surface area contributed by atoms with E-state index < -0.39 is 22.6 Å². The third kappa shape index (κ3) is 6.78. The first-order valence-corrected chi connectivity index (χ1v) is 15.9. The lowest BCUT2D eigenvalue weighted by atomic mass is 9.79. The second kappa shape index (κ2) is 12.7. The van der Waals surface area contributed by atoms with Crippen molar-refractivity contribution >= 4 is 39.7 Å². The van der Waals surface area contributed by atoms with Crippen molar-refractivity contribution in [3.05, 3.63) is 48.0 Å². The Morgan fingerprint density at radius 2 is 1.78 bits per heavy atom. The van der Waals surface area contributed by atoms with Gasteiger partial charge < -0.3 is 15.3 Å². The number of hydrogen-bond donors (Lipinski definition) is 4. The van der Waals surface area contributed by atoms with Crippen LogP contribution in [0.4, 0.5) is 11.4 Å². The smallest absolute Gasteiger partial charge is 0.320 e. The molecule has 200 valence electrons. The van der Waals surface area contributed by atoms with Crippen LogP contribution in [0.15, 0.2) is 52.3 Å². The Morgan fingerprint density at radius 3 is 2.33 bits per heavy atom. The fourth-order valence-corrected chi connectivity index (χ4v) is 7.93. The highest BCUT2D eigenvalue weighted by Crippen LogP contribution is 2.61. The molecule has 0 amide bonds. The molecule has 0 radical (unpaired) electrons. The van der Waals surface area contributed by atoms with E-state index in [1.54, 1.807) is 18.7 Å². The summed E-state index contributed by atoms with van der Waals surface area (Å²) in [4.78, 5) is 15.2. The van der Waals surface area contributed by atoms with Gasteiger partial charge in [0.25, 0.3) is 0 Å². The van der Waals surface area contributed by atoms with E-state index in [9.17, 15) is 19.0 Å². The summed E-state index contributed by atoms with van der Waals surface area (Å²) >= 11 is 1.59. The van der Waals surface area contributed by atoms with Crippen LogP contribution in [-0.2, 0) is 11.3 Å². The number of unbranched alkanes of at least 4 members (excludes halogenated alkanes) is 2. The van der Waals surface area contributed by atoms with Crippen LogP contribution in [0.25, 0.3) is 0 Å². The number of nitrogens with zero attached hydrogens (tertiary/aromatic N) is 1. The van der Waals surface area contributed by atoms with E-state index in [0.717, 1.165) is 66.9 Å². The average Bonchev–Trinajstić information content (AvgIpc) is 2.96. The van der Waals surface area contributed by atoms with Crippen molar-refractivity contribution in [2.45, 2.75) is 81.7 Å². The minimum atomic E-state index is -3.09. The van der Waals surface area contributed by atoms with E-state index in [0.29, 0.717) is 17.2 Å². The van der Waals surface area contributed by atoms with Crippen LogP contribution in [0.1, 0.15) is 64.9 Å². The number of carboxylic acid groups (broad SMARTS) is 1. The van der Waals surface area contributed by atoms with Crippen LogP contribution in [0, 0.1) is 5.41 Å². The van der Waals surface area contributed by atoms with Gasteiger partial charge in [-0.3, -0.25) is 13.9 Å². The van der Waals surface area contributed by atoms with Gasteiger partial charge in [-0.25, -0.2) is 0 Å². The number of anilines is 2. The van der Waals surface area contributed by atoms with Crippen LogP contribution in [-0.4, -0.2) is 44.8 Å². The second-order valence-electron chi connectivity index (χ2n) is 10.0. The maximum Gasteiger partial charge on any atom is 0.320 e. The van der Waals surface area contributed by atoms with Gasteiger partial charge in [0.05, 0.1) is 10.6 Å². The molecule has 1 atom stereocenters. The Hall–Kier alpha value is -1.71. The monoisotopic (exact) mass is 534 g/mol. The zero-order valence-electron chi connectivity index (χ0n) is 22.0. The highest BCUT2D eigenvalue weighted by atomic mass is 32.3. The number of thioether (sulfide) groups is 1. The van der Waals surface area contributed by atoms with E-state index >= 15 is 0 Å². The lowest BCUT2D eigenvalue weighted by Crippen LogP contribution is -2.37. The van der Waals surface area contributed by atoms with Gasteiger partial charge >= 0.3 is 5.97 Å². The van der Waals surface area contributed by atoms with E-state index in [4.69, 9.17) is 0 Å². The van der Waals surface area contributed by atoms with Crippen LogP contribution in [0.5, 0.6) is 0 Å². The van der Waals surface area contributed by atoms with Crippen molar-refractivity contribution in [3.8, 4) is 0 Å². The Morgan fingerprint density at radius 1 is 1.14 bits per heavy atom. The normalized spacial score (nSPS) is 18.2. The molecule has 0 spiro atoms. The molecule has 1 unspecified atom stereocenters. The number of fused-ring (bicyclic) bond motifs is 1. The molecule has 0 aromatic heterocycles. The molecule has 0 bridgehead atoms. The summed E-state index contributed by atoms with van der Waals surface area (Å²) < 4.78 is 23.5. The number of hydrogen-bond acceptors (Lipinski definition) is 6. The minimum Gasteiger partial charge on any atom is -0.480 e. The zero-order chi connectivity index (χ0) is 26.3. The Kier molecular flexibility index (Phi) is 10.2.